The molecule has 0 aliphatic rings. The van der Waals surface area contributed by atoms with Crippen LogP contribution in [0.1, 0.15) is 23.8 Å². The van der Waals surface area contributed by atoms with Crippen molar-refractivity contribution in [3.8, 4) is 34.7 Å². The Morgan fingerprint density at radius 3 is 2.32 bits per heavy atom. The van der Waals surface area contributed by atoms with Gasteiger partial charge in [0.1, 0.15) is 21.6 Å². The van der Waals surface area contributed by atoms with Crippen molar-refractivity contribution in [1.82, 2.24) is 9.97 Å². The number of nitrogens with zero attached hydrogens (tertiary/aromatic N) is 3. The van der Waals surface area contributed by atoms with Gasteiger partial charge in [0, 0.05) is 12.1 Å². The van der Waals surface area contributed by atoms with Crippen LogP contribution in [0, 0.1) is 18.3 Å². The van der Waals surface area contributed by atoms with E-state index in [1.807, 2.05) is 19.1 Å². The first-order valence-corrected chi connectivity index (χ1v) is 9.65. The quantitative estimate of drug-likeness (QED) is 0.631. The molecule has 0 fully saturated rings. The lowest BCUT2D eigenvalue weighted by Crippen LogP contribution is -2.05. The van der Waals surface area contributed by atoms with Crippen LogP contribution in [0.4, 0.5) is 5.82 Å². The van der Waals surface area contributed by atoms with Crippen LogP contribution in [0.25, 0.3) is 21.6 Å². The van der Waals surface area contributed by atoms with E-state index in [0.717, 1.165) is 40.1 Å². The summed E-state index contributed by atoms with van der Waals surface area (Å²) in [4.78, 5) is 10.9. The lowest BCUT2D eigenvalue weighted by atomic mass is 10.1. The molecule has 3 aromatic rings. The van der Waals surface area contributed by atoms with E-state index in [1.54, 1.807) is 21.3 Å². The fourth-order valence-corrected chi connectivity index (χ4v) is 3.93. The number of hydrogen-bond donors (Lipinski definition) is 1. The zero-order valence-electron chi connectivity index (χ0n) is 16.5. The highest BCUT2D eigenvalue weighted by Gasteiger charge is 2.20. The number of anilines is 1. The van der Waals surface area contributed by atoms with Crippen molar-refractivity contribution in [2.75, 3.05) is 33.2 Å². The Bertz CT molecular complexity index is 1030. The normalized spacial score (nSPS) is 10.6. The van der Waals surface area contributed by atoms with Gasteiger partial charge >= 0.3 is 0 Å². The van der Waals surface area contributed by atoms with Gasteiger partial charge in [0.05, 0.1) is 26.7 Å². The van der Waals surface area contributed by atoms with Crippen molar-refractivity contribution in [2.45, 2.75) is 20.3 Å². The molecule has 2 heterocycles. The van der Waals surface area contributed by atoms with Crippen LogP contribution in [0.2, 0.25) is 0 Å². The first-order chi connectivity index (χ1) is 13.6. The van der Waals surface area contributed by atoms with Gasteiger partial charge in [0.25, 0.3) is 0 Å². The van der Waals surface area contributed by atoms with Crippen molar-refractivity contribution < 1.29 is 14.2 Å². The van der Waals surface area contributed by atoms with Crippen molar-refractivity contribution in [2.24, 2.45) is 0 Å². The highest BCUT2D eigenvalue weighted by atomic mass is 32.1. The molecule has 8 heteroatoms. The molecular formula is C20H22N4O3S. The highest BCUT2D eigenvalue weighted by Crippen LogP contribution is 2.42. The third-order valence-electron chi connectivity index (χ3n) is 4.36. The van der Waals surface area contributed by atoms with Gasteiger partial charge in [-0.05, 0) is 31.0 Å². The minimum atomic E-state index is 0.512. The molecule has 28 heavy (non-hydrogen) atoms. The molecule has 3 rings (SSSR count). The number of benzene rings is 1. The number of fused-ring (bicyclic) bond motifs is 1. The third-order valence-corrected chi connectivity index (χ3v) is 5.45. The van der Waals surface area contributed by atoms with Crippen molar-refractivity contribution in [3.05, 3.63) is 22.6 Å². The number of aryl methyl sites for hydroxylation is 1. The summed E-state index contributed by atoms with van der Waals surface area (Å²) < 4.78 is 16.3. The second-order valence-corrected chi connectivity index (χ2v) is 7.08. The van der Waals surface area contributed by atoms with Crippen LogP contribution in [0.3, 0.4) is 0 Å². The molecule has 2 aromatic heterocycles. The predicted octanol–water partition coefficient (Wildman–Crippen LogP) is 4.39. The van der Waals surface area contributed by atoms with E-state index in [-0.39, 0.29) is 0 Å². The van der Waals surface area contributed by atoms with Crippen LogP contribution >= 0.6 is 11.3 Å². The number of hydrogen-bond acceptors (Lipinski definition) is 8. The smallest absolute Gasteiger partial charge is 0.203 e. The lowest BCUT2D eigenvalue weighted by Gasteiger charge is -2.14. The largest absolute Gasteiger partial charge is 0.493 e. The second-order valence-electron chi connectivity index (χ2n) is 6.08. The molecule has 0 radical (unpaired) electrons. The maximum absolute atomic E-state index is 9.41. The summed E-state index contributed by atoms with van der Waals surface area (Å²) in [5, 5.41) is 13.7. The highest BCUT2D eigenvalue weighted by molar-refractivity contribution is 7.19. The Kier molecular flexibility index (Phi) is 5.85. The number of ether oxygens (including phenoxy) is 3. The van der Waals surface area contributed by atoms with Gasteiger partial charge in [-0.25, -0.2) is 9.97 Å². The molecule has 146 valence electrons. The summed E-state index contributed by atoms with van der Waals surface area (Å²) in [7, 11) is 4.70. The van der Waals surface area contributed by atoms with Crippen LogP contribution in [-0.4, -0.2) is 37.8 Å². The molecule has 0 bridgehead atoms. The molecule has 0 amide bonds. The topological polar surface area (TPSA) is 89.3 Å². The average Bonchev–Trinajstić information content (AvgIpc) is 3.06. The van der Waals surface area contributed by atoms with Gasteiger partial charge in [0.15, 0.2) is 17.3 Å². The maximum atomic E-state index is 9.41. The summed E-state index contributed by atoms with van der Waals surface area (Å²) >= 11 is 1.37. The number of nitrogens with one attached hydrogen (secondary N) is 1. The minimum Gasteiger partial charge on any atom is -0.493 e. The van der Waals surface area contributed by atoms with E-state index in [4.69, 9.17) is 24.2 Å². The summed E-state index contributed by atoms with van der Waals surface area (Å²) in [5.41, 5.74) is 1.64. The van der Waals surface area contributed by atoms with E-state index in [2.05, 4.69) is 18.3 Å². The van der Waals surface area contributed by atoms with Crippen molar-refractivity contribution >= 4 is 27.4 Å². The molecule has 0 aliphatic carbocycles. The third kappa shape index (κ3) is 3.41. The molecule has 1 N–H and O–H groups in total. The van der Waals surface area contributed by atoms with E-state index in [0.29, 0.717) is 28.0 Å². The molecule has 0 spiro atoms. The zero-order valence-corrected chi connectivity index (χ0v) is 17.4. The Balaban J connectivity index is 2.25. The standard InChI is InChI=1S/C20H22N4O3S/c1-6-7-22-19-16-11(2)15(10-21)28-20(16)24-18(23-19)12-8-13(25-3)17(27-5)14(9-12)26-4/h8-9H,6-7H2,1-5H3,(H,22,23,24). The number of nitriles is 1. The Morgan fingerprint density at radius 2 is 1.79 bits per heavy atom. The number of rotatable bonds is 7. The fraction of sp³-hybridized carbons (Fsp3) is 0.350. The predicted molar refractivity (Wildman–Crippen MR) is 111 cm³/mol. The minimum absolute atomic E-state index is 0.512. The monoisotopic (exact) mass is 398 g/mol. The van der Waals surface area contributed by atoms with E-state index < -0.39 is 0 Å². The maximum Gasteiger partial charge on any atom is 0.203 e. The fourth-order valence-electron chi connectivity index (χ4n) is 2.96. The summed E-state index contributed by atoms with van der Waals surface area (Å²) in [6.45, 7) is 4.79. The van der Waals surface area contributed by atoms with Gasteiger partial charge in [-0.2, -0.15) is 5.26 Å². The molecule has 0 unspecified atom stereocenters. The van der Waals surface area contributed by atoms with Crippen LogP contribution in [0.15, 0.2) is 12.1 Å². The summed E-state index contributed by atoms with van der Waals surface area (Å²) in [6, 6.07) is 5.88. The first-order valence-electron chi connectivity index (χ1n) is 8.83. The Morgan fingerprint density at radius 1 is 1.11 bits per heavy atom. The summed E-state index contributed by atoms with van der Waals surface area (Å²) in [5.74, 6) is 2.83. The molecule has 0 saturated heterocycles. The molecule has 0 aliphatic heterocycles. The van der Waals surface area contributed by atoms with Crippen molar-refractivity contribution in [1.29, 1.82) is 5.26 Å². The molecule has 7 nitrogen and oxygen atoms in total. The zero-order chi connectivity index (χ0) is 20.3. The molecule has 0 atom stereocenters. The van der Waals surface area contributed by atoms with Crippen LogP contribution in [-0.2, 0) is 0 Å². The van der Waals surface area contributed by atoms with E-state index >= 15 is 0 Å². The van der Waals surface area contributed by atoms with E-state index in [9.17, 15) is 5.26 Å². The van der Waals surface area contributed by atoms with Gasteiger partial charge in [-0.15, -0.1) is 11.3 Å². The van der Waals surface area contributed by atoms with Crippen LogP contribution < -0.4 is 19.5 Å². The SMILES string of the molecule is CCCNc1nc(-c2cc(OC)c(OC)c(OC)c2)nc2sc(C#N)c(C)c12. The average molecular weight is 398 g/mol. The summed E-state index contributed by atoms with van der Waals surface area (Å²) in [6.07, 6.45) is 0.958. The Labute approximate surface area is 167 Å². The van der Waals surface area contributed by atoms with E-state index in [1.165, 1.54) is 11.3 Å². The first kappa shape index (κ1) is 19.7. The molecule has 1 aromatic carbocycles. The number of aromatic nitrogens is 2. The van der Waals surface area contributed by atoms with Gasteiger partial charge in [0.2, 0.25) is 5.75 Å². The van der Waals surface area contributed by atoms with Gasteiger partial charge < -0.3 is 19.5 Å². The van der Waals surface area contributed by atoms with Crippen molar-refractivity contribution in [3.63, 3.8) is 0 Å². The number of thiophene rings is 1. The molecular weight excluding hydrogens is 376 g/mol. The lowest BCUT2D eigenvalue weighted by molar-refractivity contribution is 0.324. The molecule has 0 saturated carbocycles. The van der Waals surface area contributed by atoms with Crippen LogP contribution in [0.5, 0.6) is 17.2 Å². The van der Waals surface area contributed by atoms with Gasteiger partial charge in [-0.3, -0.25) is 0 Å². The van der Waals surface area contributed by atoms with Gasteiger partial charge in [-0.1, -0.05) is 6.92 Å². The Hall–Kier alpha value is -3.05. The second kappa shape index (κ2) is 8.31. The number of methoxy groups -OCH3 is 3.